The van der Waals surface area contributed by atoms with Gasteiger partial charge < -0.3 is 4.98 Å². The first kappa shape index (κ1) is 15.4. The topological polar surface area (TPSA) is 50.7 Å². The molecule has 0 atom stereocenters. The molecule has 1 N–H and O–H groups in total. The highest BCUT2D eigenvalue weighted by molar-refractivity contribution is 5.90. The Labute approximate surface area is 146 Å². The fourth-order valence-electron chi connectivity index (χ4n) is 3.40. The number of aromatic nitrogens is 3. The monoisotopic (exact) mass is 329 g/mol. The number of hydrogen-bond donors (Lipinski definition) is 1. The van der Waals surface area contributed by atoms with Crippen LogP contribution in [0.15, 0.2) is 65.5 Å². The van der Waals surface area contributed by atoms with Gasteiger partial charge in [0.05, 0.1) is 17.1 Å². The van der Waals surface area contributed by atoms with Gasteiger partial charge in [0, 0.05) is 23.4 Å². The minimum Gasteiger partial charge on any atom is -0.305 e. The van der Waals surface area contributed by atoms with E-state index in [0.29, 0.717) is 6.54 Å². The second kappa shape index (κ2) is 6.06. The number of benzene rings is 2. The van der Waals surface area contributed by atoms with E-state index in [2.05, 4.69) is 4.98 Å². The van der Waals surface area contributed by atoms with Crippen LogP contribution >= 0.6 is 0 Å². The maximum absolute atomic E-state index is 12.7. The maximum atomic E-state index is 12.7. The van der Waals surface area contributed by atoms with Gasteiger partial charge in [0.2, 0.25) is 0 Å². The molecule has 0 spiro atoms. The van der Waals surface area contributed by atoms with Crippen LogP contribution < -0.4 is 5.69 Å². The Morgan fingerprint density at radius 3 is 2.16 bits per heavy atom. The average molecular weight is 329 g/mol. The smallest absolute Gasteiger partial charge is 0.305 e. The summed E-state index contributed by atoms with van der Waals surface area (Å²) in [7, 11) is 0. The SMILES string of the molecule is CCn1c(-c2ccccc2)c2c(C)nc(-c3ccccc3)c-2[nH]c1=O. The van der Waals surface area contributed by atoms with E-state index in [1.807, 2.05) is 74.5 Å². The summed E-state index contributed by atoms with van der Waals surface area (Å²) in [4.78, 5) is 20.6. The molecular formula is C21H19N3O. The van der Waals surface area contributed by atoms with Gasteiger partial charge in [-0.1, -0.05) is 60.7 Å². The zero-order valence-electron chi connectivity index (χ0n) is 14.3. The number of fused-ring (bicyclic) bond motifs is 1. The predicted octanol–water partition coefficient (Wildman–Crippen LogP) is 4.34. The van der Waals surface area contributed by atoms with E-state index in [0.717, 1.165) is 39.5 Å². The summed E-state index contributed by atoms with van der Waals surface area (Å²) < 4.78 is 1.78. The van der Waals surface area contributed by atoms with E-state index in [1.54, 1.807) is 4.57 Å². The van der Waals surface area contributed by atoms with Crippen molar-refractivity contribution in [3.63, 3.8) is 0 Å². The molecule has 2 aliphatic rings. The third-order valence-electron chi connectivity index (χ3n) is 4.52. The second-order valence-electron chi connectivity index (χ2n) is 6.05. The fraction of sp³-hybridized carbons (Fsp3) is 0.143. The number of H-pyrrole nitrogens is 1. The van der Waals surface area contributed by atoms with Crippen LogP contribution in [0.4, 0.5) is 0 Å². The largest absolute Gasteiger partial charge is 0.326 e. The van der Waals surface area contributed by atoms with Crippen LogP contribution in [0.25, 0.3) is 33.8 Å². The molecule has 0 fully saturated rings. The number of nitrogens with one attached hydrogen (secondary N) is 1. The summed E-state index contributed by atoms with van der Waals surface area (Å²) in [5.41, 5.74) is 6.40. The van der Waals surface area contributed by atoms with Crippen LogP contribution in [-0.2, 0) is 6.54 Å². The average Bonchev–Trinajstić information content (AvgIpc) is 2.98. The highest BCUT2D eigenvalue weighted by atomic mass is 16.1. The van der Waals surface area contributed by atoms with Crippen LogP contribution in [0.5, 0.6) is 0 Å². The Kier molecular flexibility index (Phi) is 3.73. The van der Waals surface area contributed by atoms with Crippen molar-refractivity contribution in [3.8, 4) is 33.8 Å². The van der Waals surface area contributed by atoms with Gasteiger partial charge in [-0.3, -0.25) is 9.55 Å². The molecule has 0 unspecified atom stereocenters. The molecule has 0 radical (unpaired) electrons. The van der Waals surface area contributed by atoms with Crippen LogP contribution in [0, 0.1) is 6.92 Å². The first-order valence-electron chi connectivity index (χ1n) is 8.44. The van der Waals surface area contributed by atoms with Crippen LogP contribution in [0.3, 0.4) is 0 Å². The first-order valence-corrected chi connectivity index (χ1v) is 8.44. The van der Waals surface area contributed by atoms with Crippen LogP contribution in [-0.4, -0.2) is 14.5 Å². The lowest BCUT2D eigenvalue weighted by Gasteiger charge is -2.16. The number of aromatic amines is 1. The van der Waals surface area contributed by atoms with E-state index in [1.165, 1.54) is 0 Å². The lowest BCUT2D eigenvalue weighted by atomic mass is 10.00. The normalized spacial score (nSPS) is 11.1. The minimum atomic E-state index is -0.113. The molecule has 4 rings (SSSR count). The molecule has 2 aromatic carbocycles. The van der Waals surface area contributed by atoms with Gasteiger partial charge in [0.1, 0.15) is 0 Å². The number of aryl methyl sites for hydroxylation is 1. The third-order valence-corrected chi connectivity index (χ3v) is 4.52. The summed E-state index contributed by atoms with van der Waals surface area (Å²) >= 11 is 0. The van der Waals surface area contributed by atoms with E-state index in [4.69, 9.17) is 4.98 Å². The lowest BCUT2D eigenvalue weighted by molar-refractivity contribution is 0.709. The molecule has 4 nitrogen and oxygen atoms in total. The summed E-state index contributed by atoms with van der Waals surface area (Å²) in [6.07, 6.45) is 0. The van der Waals surface area contributed by atoms with Gasteiger partial charge in [0.25, 0.3) is 0 Å². The number of hydrogen-bond acceptors (Lipinski definition) is 2. The third kappa shape index (κ3) is 2.47. The zero-order chi connectivity index (χ0) is 17.4. The Morgan fingerprint density at radius 2 is 1.56 bits per heavy atom. The van der Waals surface area contributed by atoms with Gasteiger partial charge in [-0.2, -0.15) is 0 Å². The van der Waals surface area contributed by atoms with Crippen molar-refractivity contribution in [2.45, 2.75) is 20.4 Å². The van der Waals surface area contributed by atoms with Crippen molar-refractivity contribution < 1.29 is 0 Å². The molecule has 124 valence electrons. The molecular weight excluding hydrogens is 310 g/mol. The Balaban J connectivity index is 2.08. The minimum absolute atomic E-state index is 0.113. The summed E-state index contributed by atoms with van der Waals surface area (Å²) in [6, 6.07) is 20.0. The molecule has 0 aromatic heterocycles. The van der Waals surface area contributed by atoms with E-state index >= 15 is 0 Å². The standard InChI is InChI=1S/C21H19N3O/c1-3-24-20(16-12-8-5-9-13-16)17-14(2)22-18(19(17)23-21(24)25)15-10-6-4-7-11-15/h4-13H,3H2,1-2H3,(H,23,25). The van der Waals surface area contributed by atoms with Gasteiger partial charge in [-0.05, 0) is 19.4 Å². The number of nitrogens with zero attached hydrogens (tertiary/aromatic N) is 2. The van der Waals surface area contributed by atoms with Crippen LogP contribution in [0.1, 0.15) is 12.6 Å². The van der Waals surface area contributed by atoms with Gasteiger partial charge in [0.15, 0.2) is 0 Å². The van der Waals surface area contributed by atoms with E-state index < -0.39 is 0 Å². The highest BCUT2D eigenvalue weighted by Crippen LogP contribution is 2.39. The Bertz CT molecular complexity index is 1050. The molecule has 0 aliphatic carbocycles. The van der Waals surface area contributed by atoms with E-state index in [-0.39, 0.29) is 5.69 Å². The molecule has 2 heterocycles. The summed E-state index contributed by atoms with van der Waals surface area (Å²) in [5.74, 6) is 0. The lowest BCUT2D eigenvalue weighted by Crippen LogP contribution is -2.25. The Morgan fingerprint density at radius 1 is 0.960 bits per heavy atom. The molecule has 0 saturated carbocycles. The second-order valence-corrected chi connectivity index (χ2v) is 6.05. The van der Waals surface area contributed by atoms with Gasteiger partial charge >= 0.3 is 5.69 Å². The predicted molar refractivity (Wildman–Crippen MR) is 101 cm³/mol. The van der Waals surface area contributed by atoms with Gasteiger partial charge in [-0.25, -0.2) is 4.79 Å². The van der Waals surface area contributed by atoms with Gasteiger partial charge in [-0.15, -0.1) is 0 Å². The van der Waals surface area contributed by atoms with Crippen molar-refractivity contribution in [1.29, 1.82) is 0 Å². The molecule has 2 aliphatic heterocycles. The number of rotatable bonds is 3. The molecule has 25 heavy (non-hydrogen) atoms. The maximum Gasteiger partial charge on any atom is 0.326 e. The molecule has 4 heteroatoms. The molecule has 0 bridgehead atoms. The quantitative estimate of drug-likeness (QED) is 0.608. The van der Waals surface area contributed by atoms with Crippen molar-refractivity contribution in [2.24, 2.45) is 0 Å². The van der Waals surface area contributed by atoms with Crippen molar-refractivity contribution >= 4 is 0 Å². The molecule has 0 saturated heterocycles. The Hall–Kier alpha value is -3.14. The molecule has 0 amide bonds. The van der Waals surface area contributed by atoms with E-state index in [9.17, 15) is 4.79 Å². The van der Waals surface area contributed by atoms with Crippen LogP contribution in [0.2, 0.25) is 0 Å². The summed E-state index contributed by atoms with van der Waals surface area (Å²) in [6.45, 7) is 4.58. The summed E-state index contributed by atoms with van der Waals surface area (Å²) in [5, 5.41) is 0. The highest BCUT2D eigenvalue weighted by Gasteiger charge is 2.25. The first-order chi connectivity index (χ1) is 12.2. The fourth-order valence-corrected chi connectivity index (χ4v) is 3.40. The van der Waals surface area contributed by atoms with Crippen molar-refractivity contribution in [2.75, 3.05) is 0 Å². The molecule has 2 aromatic rings. The zero-order valence-corrected chi connectivity index (χ0v) is 14.3. The van der Waals surface area contributed by atoms with Crippen molar-refractivity contribution in [1.82, 2.24) is 14.5 Å². The van der Waals surface area contributed by atoms with Crippen molar-refractivity contribution in [3.05, 3.63) is 76.8 Å².